The molecule has 2 saturated heterocycles. The number of halogens is 8. The van der Waals surface area contributed by atoms with E-state index < -0.39 is 10.1 Å². The van der Waals surface area contributed by atoms with Crippen LogP contribution in [0.3, 0.4) is 0 Å². The molecule has 0 amide bonds. The summed E-state index contributed by atoms with van der Waals surface area (Å²) in [7, 11) is -3.34. The van der Waals surface area contributed by atoms with Gasteiger partial charge in [-0.15, -0.1) is 0 Å². The monoisotopic (exact) mass is 1400 g/mol. The summed E-state index contributed by atoms with van der Waals surface area (Å²) in [5.74, 6) is 0.547. The SMILES string of the molecule is C[C@@H](CN1CCN(c2ccc(Cl)cc2Cl)[C@H](c2ccc(Cl)cc2)C1)c1ccc(I)cc1.C[C@@H](COS(C)(=O)=O)c1ccc(I)cc1.Clc1ccc([C@@H]2CNCCN2c2ccc(Cl)cc2Cl)cc1.O=CO[O-].[H-].[K+].[K+]. The van der Waals surface area contributed by atoms with Crippen LogP contribution in [0.1, 0.15) is 61.4 Å². The molecule has 0 bridgehead atoms. The number of hydrogen-bond donors (Lipinski definition) is 1. The molecular formula is C52H54Cl6I2K2N4O6S. The van der Waals surface area contributed by atoms with E-state index in [1.54, 1.807) is 6.07 Å². The maximum atomic E-state index is 10.8. The second kappa shape index (κ2) is 34.7. The number of hydrogen-bond acceptors (Lipinski definition) is 10. The Morgan fingerprint density at radius 1 is 0.658 bits per heavy atom. The van der Waals surface area contributed by atoms with Gasteiger partial charge in [0, 0.05) is 79.0 Å². The Bertz CT molecular complexity index is 2740. The van der Waals surface area contributed by atoms with Gasteiger partial charge < -0.3 is 26.7 Å². The fraction of sp³-hybridized carbons (Fsp3) is 0.288. The molecule has 2 heterocycles. The van der Waals surface area contributed by atoms with Crippen molar-refractivity contribution in [2.75, 3.05) is 68.5 Å². The van der Waals surface area contributed by atoms with Crippen LogP contribution in [0.25, 0.3) is 0 Å². The van der Waals surface area contributed by atoms with Crippen molar-refractivity contribution >= 4 is 143 Å². The van der Waals surface area contributed by atoms with E-state index in [1.807, 2.05) is 85.8 Å². The van der Waals surface area contributed by atoms with Crippen LogP contribution < -0.4 is 123 Å². The van der Waals surface area contributed by atoms with Gasteiger partial charge in [0.2, 0.25) is 0 Å². The fourth-order valence-electron chi connectivity index (χ4n) is 8.06. The van der Waals surface area contributed by atoms with Crippen LogP contribution in [-0.2, 0) is 24.0 Å². The van der Waals surface area contributed by atoms with Crippen molar-refractivity contribution in [1.29, 1.82) is 0 Å². The van der Waals surface area contributed by atoms with Crippen LogP contribution >= 0.6 is 115 Å². The summed E-state index contributed by atoms with van der Waals surface area (Å²) < 4.78 is 28.8. The van der Waals surface area contributed by atoms with Crippen LogP contribution in [0.4, 0.5) is 11.4 Å². The van der Waals surface area contributed by atoms with Gasteiger partial charge in [0.1, 0.15) is 0 Å². The summed E-state index contributed by atoms with van der Waals surface area (Å²) in [6, 6.07) is 44.8. The zero-order valence-corrected chi connectivity index (χ0v) is 56.9. The van der Waals surface area contributed by atoms with Gasteiger partial charge in [0.05, 0.1) is 46.4 Å². The number of carbonyl (C=O) groups excluding carboxylic acids is 1. The molecule has 2 fully saturated rings. The third kappa shape index (κ3) is 23.0. The van der Waals surface area contributed by atoms with E-state index in [1.165, 1.54) is 20.3 Å². The third-order valence-electron chi connectivity index (χ3n) is 11.6. The van der Waals surface area contributed by atoms with Gasteiger partial charge in [0.15, 0.2) is 0 Å². The molecule has 8 rings (SSSR count). The molecule has 0 radical (unpaired) electrons. The molecular weight excluding hydrogens is 1350 g/mol. The molecule has 6 aromatic rings. The number of nitrogens with one attached hydrogen (secondary N) is 1. The summed E-state index contributed by atoms with van der Waals surface area (Å²) in [5, 5.41) is 16.0. The predicted octanol–water partition coefficient (Wildman–Crippen LogP) is 7.64. The Balaban J connectivity index is 0.000000380. The van der Waals surface area contributed by atoms with Crippen molar-refractivity contribution in [3.63, 3.8) is 0 Å². The standard InChI is InChI=1S/C25H24Cl3IN2.C16H15Cl3N2.C10H13IO3S.CH2O3.2K.H/c1-17(18-4-9-22(29)10-5-18)15-30-12-13-31(24-11-8-21(27)14-23(24)28)25(16-30)19-2-6-20(26)7-3-19;17-12-3-1-11(2-4-12)16-10-20-7-8-21(16)15-6-5-13(18)9-14(15)19;1-8(7-14-15(2,12)13)9-3-5-10(11)6-4-9;2-1-4-3;;;/h2-11,14,17,25H,12-13,15-16H2,1H3;1-6,9,16,20H,7-8,10H2;3-6,8H,7H2,1-2H3;1,3H;;;/q;;;;2*+1;-1/p-1/t17-,25-;16-;8-;;;;/m000..../s1. The molecule has 0 unspecified atom stereocenters. The van der Waals surface area contributed by atoms with Gasteiger partial charge in [-0.2, -0.15) is 8.42 Å². The molecule has 4 atom stereocenters. The summed E-state index contributed by atoms with van der Waals surface area (Å²) in [6.45, 7) is 10.8. The Labute approximate surface area is 574 Å². The van der Waals surface area contributed by atoms with Crippen molar-refractivity contribution in [3.05, 3.63) is 193 Å². The van der Waals surface area contributed by atoms with Crippen molar-refractivity contribution in [3.8, 4) is 0 Å². The maximum absolute atomic E-state index is 10.8. The van der Waals surface area contributed by atoms with Gasteiger partial charge in [-0.1, -0.05) is 132 Å². The van der Waals surface area contributed by atoms with E-state index in [0.29, 0.717) is 26.0 Å². The largest absolute Gasteiger partial charge is 1.00 e. The normalized spacial score (nSPS) is 16.3. The second-order valence-corrected chi connectivity index (χ2v) is 23.5. The number of rotatable bonds is 12. The zero-order valence-electron chi connectivity index (χ0n) is 42.0. The van der Waals surface area contributed by atoms with Crippen LogP contribution in [0.5, 0.6) is 0 Å². The average molecular weight is 1410 g/mol. The van der Waals surface area contributed by atoms with Gasteiger partial charge in [0.25, 0.3) is 16.6 Å². The number of piperazine rings is 2. The smallest absolute Gasteiger partial charge is 1.00 e. The molecule has 2 aliphatic rings. The van der Waals surface area contributed by atoms with Crippen molar-refractivity contribution in [2.45, 2.75) is 37.8 Å². The van der Waals surface area contributed by atoms with E-state index in [2.05, 4.69) is 126 Å². The number of nitrogens with zero attached hydrogens (tertiary/aromatic N) is 3. The second-order valence-electron chi connectivity index (χ2n) is 16.8. The van der Waals surface area contributed by atoms with E-state index in [0.717, 1.165) is 82.6 Å². The fourth-order valence-corrected chi connectivity index (χ4v) is 10.5. The molecule has 0 aliphatic carbocycles. The molecule has 1 N–H and O–H groups in total. The summed E-state index contributed by atoms with van der Waals surface area (Å²) in [4.78, 5) is 18.5. The molecule has 2 aliphatic heterocycles. The van der Waals surface area contributed by atoms with Crippen molar-refractivity contribution in [1.82, 2.24) is 10.2 Å². The van der Waals surface area contributed by atoms with Gasteiger partial charge >= 0.3 is 103 Å². The van der Waals surface area contributed by atoms with Crippen LogP contribution in [-0.4, -0.2) is 78.5 Å². The number of anilines is 2. The minimum atomic E-state index is -3.34. The van der Waals surface area contributed by atoms with Crippen molar-refractivity contribution < 1.29 is 132 Å². The first kappa shape index (κ1) is 67.9. The zero-order chi connectivity index (χ0) is 51.7. The molecule has 10 nitrogen and oxygen atoms in total. The minimum absolute atomic E-state index is 0. The topological polar surface area (TPSA) is 114 Å². The number of benzene rings is 6. The molecule has 382 valence electrons. The average Bonchev–Trinajstić information content (AvgIpc) is 3.35. The summed E-state index contributed by atoms with van der Waals surface area (Å²) >= 11 is 41.8. The third-order valence-corrected chi connectivity index (χ3v) is 15.2. The molecule has 6 aromatic carbocycles. The van der Waals surface area contributed by atoms with Crippen LogP contribution in [0.15, 0.2) is 133 Å². The molecule has 73 heavy (non-hydrogen) atoms. The first-order chi connectivity index (χ1) is 33.8. The van der Waals surface area contributed by atoms with E-state index >= 15 is 0 Å². The molecule has 0 saturated carbocycles. The Morgan fingerprint density at radius 3 is 1.52 bits per heavy atom. The van der Waals surface area contributed by atoms with Crippen LogP contribution in [0, 0.1) is 7.14 Å². The Kier molecular flexibility index (Phi) is 32.3. The molecule has 0 aromatic heterocycles. The Morgan fingerprint density at radius 2 is 1.08 bits per heavy atom. The molecule has 21 heteroatoms. The van der Waals surface area contributed by atoms with Gasteiger partial charge in [-0.3, -0.25) is 13.9 Å². The first-order valence-corrected chi connectivity index (χ1v) is 28.5. The summed E-state index contributed by atoms with van der Waals surface area (Å²) in [6.07, 6.45) is 1.06. The van der Waals surface area contributed by atoms with Gasteiger partial charge in [-0.25, -0.2) is 0 Å². The summed E-state index contributed by atoms with van der Waals surface area (Å²) in [5.41, 5.74) is 6.96. The Hall–Kier alpha value is 0.653. The maximum Gasteiger partial charge on any atom is 1.00 e. The molecule has 0 spiro atoms. The van der Waals surface area contributed by atoms with Gasteiger partial charge in [-0.05, 0) is 158 Å². The van der Waals surface area contributed by atoms with Crippen molar-refractivity contribution in [2.24, 2.45) is 0 Å². The van der Waals surface area contributed by atoms with E-state index in [-0.39, 0.29) is 135 Å². The van der Waals surface area contributed by atoms with E-state index in [9.17, 15) is 8.42 Å². The van der Waals surface area contributed by atoms with Crippen LogP contribution in [0.2, 0.25) is 30.1 Å². The minimum Gasteiger partial charge on any atom is -1.00 e. The first-order valence-electron chi connectivity index (χ1n) is 22.3. The van der Waals surface area contributed by atoms with E-state index in [4.69, 9.17) is 83.8 Å². The predicted molar refractivity (Wildman–Crippen MR) is 310 cm³/mol. The quantitative estimate of drug-likeness (QED) is 0.0328. The number of carbonyl (C=O) groups is 1.